The number of hydrogen-bond donors (Lipinski definition) is 2. The fraction of sp³-hybridized carbons (Fsp3) is 0.214. The molecule has 2 aromatic rings. The first-order chi connectivity index (χ1) is 10.4. The summed E-state index contributed by atoms with van der Waals surface area (Å²) in [6.07, 6.45) is 2.47. The lowest BCUT2D eigenvalue weighted by Crippen LogP contribution is -2.07. The third kappa shape index (κ3) is 3.09. The minimum Gasteiger partial charge on any atom is -0.504 e. The number of carboxylic acids is 1. The number of hydrogen-bond acceptors (Lipinski definition) is 6. The van der Waals surface area contributed by atoms with Gasteiger partial charge in [-0.15, -0.1) is 0 Å². The summed E-state index contributed by atoms with van der Waals surface area (Å²) in [5.41, 5.74) is 0.471. The van der Waals surface area contributed by atoms with Crippen molar-refractivity contribution < 1.29 is 19.8 Å². The molecule has 0 saturated heterocycles. The van der Waals surface area contributed by atoms with E-state index in [1.807, 2.05) is 0 Å². The van der Waals surface area contributed by atoms with Gasteiger partial charge in [0.1, 0.15) is 11.8 Å². The van der Waals surface area contributed by atoms with Crippen LogP contribution in [0.5, 0.6) is 5.75 Å². The third-order valence-electron chi connectivity index (χ3n) is 2.94. The van der Waals surface area contributed by atoms with Crippen LogP contribution in [0.4, 0.5) is 0 Å². The summed E-state index contributed by atoms with van der Waals surface area (Å²) in [5, 5.41) is 31.6. The van der Waals surface area contributed by atoms with E-state index in [1.54, 1.807) is 19.3 Å². The van der Waals surface area contributed by atoms with Crippen LogP contribution in [0.15, 0.2) is 18.5 Å². The number of nitriles is 1. The second kappa shape index (κ2) is 6.05. The van der Waals surface area contributed by atoms with Gasteiger partial charge in [0, 0.05) is 25.2 Å². The van der Waals surface area contributed by atoms with Crippen LogP contribution in [0.2, 0.25) is 0 Å². The van der Waals surface area contributed by atoms with Crippen LogP contribution in [-0.4, -0.2) is 36.7 Å². The molecule has 112 valence electrons. The summed E-state index contributed by atoms with van der Waals surface area (Å²) in [4.78, 5) is 26.6. The first kappa shape index (κ1) is 15.2. The van der Waals surface area contributed by atoms with Crippen LogP contribution in [0.1, 0.15) is 28.9 Å². The van der Waals surface area contributed by atoms with Gasteiger partial charge in [-0.05, 0) is 6.07 Å². The van der Waals surface area contributed by atoms with E-state index < -0.39 is 17.5 Å². The van der Waals surface area contributed by atoms with Gasteiger partial charge in [-0.3, -0.25) is 14.3 Å². The van der Waals surface area contributed by atoms with E-state index in [9.17, 15) is 14.7 Å². The van der Waals surface area contributed by atoms with Crippen molar-refractivity contribution in [1.82, 2.24) is 14.8 Å². The number of rotatable bonds is 5. The van der Waals surface area contributed by atoms with Crippen molar-refractivity contribution in [2.75, 3.05) is 0 Å². The third-order valence-corrected chi connectivity index (χ3v) is 2.94. The summed E-state index contributed by atoms with van der Waals surface area (Å²) >= 11 is 0. The van der Waals surface area contributed by atoms with E-state index in [0.29, 0.717) is 11.3 Å². The first-order valence-electron chi connectivity index (χ1n) is 6.30. The number of pyridine rings is 1. The normalized spacial score (nSPS) is 10.2. The minimum atomic E-state index is -1.13. The zero-order chi connectivity index (χ0) is 16.3. The highest BCUT2D eigenvalue weighted by atomic mass is 16.4. The van der Waals surface area contributed by atoms with Gasteiger partial charge < -0.3 is 10.2 Å². The highest BCUT2D eigenvalue weighted by Crippen LogP contribution is 2.27. The Morgan fingerprint density at radius 1 is 1.41 bits per heavy atom. The van der Waals surface area contributed by atoms with Crippen molar-refractivity contribution in [2.24, 2.45) is 7.05 Å². The van der Waals surface area contributed by atoms with Crippen LogP contribution >= 0.6 is 0 Å². The molecule has 22 heavy (non-hydrogen) atoms. The molecule has 0 saturated carbocycles. The van der Waals surface area contributed by atoms with Crippen molar-refractivity contribution in [3.63, 3.8) is 0 Å². The largest absolute Gasteiger partial charge is 0.504 e. The quantitative estimate of drug-likeness (QED) is 0.791. The molecular formula is C14H12N4O4. The summed E-state index contributed by atoms with van der Waals surface area (Å²) in [6.45, 7) is 0. The van der Waals surface area contributed by atoms with Crippen molar-refractivity contribution in [1.29, 1.82) is 5.26 Å². The molecule has 2 N–H and O–H groups in total. The lowest BCUT2D eigenvalue weighted by atomic mass is 10.1. The van der Waals surface area contributed by atoms with Gasteiger partial charge in [0.05, 0.1) is 23.9 Å². The van der Waals surface area contributed by atoms with E-state index in [4.69, 9.17) is 10.4 Å². The fourth-order valence-electron chi connectivity index (χ4n) is 1.86. The lowest BCUT2D eigenvalue weighted by molar-refractivity contribution is -0.136. The second-order valence-electron chi connectivity index (χ2n) is 4.58. The zero-order valence-corrected chi connectivity index (χ0v) is 11.6. The Balaban J connectivity index is 2.47. The molecule has 2 heterocycles. The van der Waals surface area contributed by atoms with E-state index in [1.165, 1.54) is 16.9 Å². The van der Waals surface area contributed by atoms with Crippen molar-refractivity contribution in [3.05, 3.63) is 29.7 Å². The number of Topliss-reactive ketones (excluding diaryl/α,β-unsaturated/α-hetero) is 1. The van der Waals surface area contributed by atoms with Crippen LogP contribution in [0.3, 0.4) is 0 Å². The van der Waals surface area contributed by atoms with Crippen molar-refractivity contribution in [2.45, 2.75) is 12.8 Å². The van der Waals surface area contributed by atoms with Crippen molar-refractivity contribution in [3.8, 4) is 23.1 Å². The molecule has 0 aliphatic carbocycles. The van der Waals surface area contributed by atoms with E-state index >= 15 is 0 Å². The van der Waals surface area contributed by atoms with Gasteiger partial charge >= 0.3 is 5.97 Å². The number of carboxylic acid groups (broad SMARTS) is 1. The fourth-order valence-corrected chi connectivity index (χ4v) is 1.86. The van der Waals surface area contributed by atoms with Gasteiger partial charge in [-0.25, -0.2) is 4.98 Å². The lowest BCUT2D eigenvalue weighted by Gasteiger charge is -2.06. The highest BCUT2D eigenvalue weighted by molar-refractivity contribution is 5.99. The van der Waals surface area contributed by atoms with Crippen LogP contribution in [0, 0.1) is 11.3 Å². The topological polar surface area (TPSA) is 129 Å². The molecule has 8 heteroatoms. The molecule has 0 bridgehead atoms. The number of aromatic hydroxyl groups is 1. The molecular weight excluding hydrogens is 288 g/mol. The SMILES string of the molecule is Cn1cc(-c2cc(C#N)c(O)c(C(=O)CCC(=O)O)n2)cn1. The first-order valence-corrected chi connectivity index (χ1v) is 6.30. The number of carbonyl (C=O) groups excluding carboxylic acids is 1. The van der Waals surface area contributed by atoms with Crippen LogP contribution < -0.4 is 0 Å². The number of aromatic nitrogens is 3. The number of carbonyl (C=O) groups is 2. The molecule has 0 spiro atoms. The van der Waals surface area contributed by atoms with Crippen LogP contribution in [-0.2, 0) is 11.8 Å². The molecule has 0 amide bonds. The minimum absolute atomic E-state index is 0.104. The maximum atomic E-state index is 12.0. The van der Waals surface area contributed by atoms with Crippen molar-refractivity contribution >= 4 is 11.8 Å². The van der Waals surface area contributed by atoms with Gasteiger partial charge in [0.2, 0.25) is 0 Å². The van der Waals surface area contributed by atoms with Gasteiger partial charge in [0.25, 0.3) is 0 Å². The number of nitrogens with zero attached hydrogens (tertiary/aromatic N) is 4. The molecule has 0 aliphatic rings. The monoisotopic (exact) mass is 300 g/mol. The highest BCUT2D eigenvalue weighted by Gasteiger charge is 2.20. The Kier molecular flexibility index (Phi) is 4.18. The number of ketones is 1. The Bertz CT molecular complexity index is 789. The zero-order valence-electron chi connectivity index (χ0n) is 11.6. The Morgan fingerprint density at radius 3 is 2.68 bits per heavy atom. The summed E-state index contributed by atoms with van der Waals surface area (Å²) in [6, 6.07) is 3.13. The Morgan fingerprint density at radius 2 is 2.14 bits per heavy atom. The molecule has 2 rings (SSSR count). The molecule has 0 aromatic carbocycles. The second-order valence-corrected chi connectivity index (χ2v) is 4.58. The molecule has 0 fully saturated rings. The molecule has 8 nitrogen and oxygen atoms in total. The average Bonchev–Trinajstić information content (AvgIpc) is 2.91. The smallest absolute Gasteiger partial charge is 0.303 e. The maximum Gasteiger partial charge on any atom is 0.303 e. The van der Waals surface area contributed by atoms with Crippen LogP contribution in [0.25, 0.3) is 11.3 Å². The predicted molar refractivity (Wildman–Crippen MR) is 74.0 cm³/mol. The van der Waals surface area contributed by atoms with Gasteiger partial charge in [-0.2, -0.15) is 10.4 Å². The van der Waals surface area contributed by atoms with E-state index in [0.717, 1.165) is 0 Å². The van der Waals surface area contributed by atoms with Gasteiger partial charge in [-0.1, -0.05) is 0 Å². The molecule has 0 atom stereocenters. The predicted octanol–water partition coefficient (Wildman–Crippen LogP) is 1.11. The standard InChI is InChI=1S/C14H12N4O4/c1-18-7-9(6-16-18)10-4-8(5-15)14(22)13(17-10)11(19)2-3-12(20)21/h4,6-7,22H,2-3H2,1H3,(H,20,21). The summed E-state index contributed by atoms with van der Waals surface area (Å²) in [7, 11) is 1.70. The Hall–Kier alpha value is -3.21. The summed E-state index contributed by atoms with van der Waals surface area (Å²) < 4.78 is 1.53. The molecule has 0 radical (unpaired) electrons. The Labute approximate surface area is 125 Å². The molecule has 0 unspecified atom stereocenters. The molecule has 2 aromatic heterocycles. The van der Waals surface area contributed by atoms with E-state index in [-0.39, 0.29) is 24.1 Å². The summed E-state index contributed by atoms with van der Waals surface area (Å²) in [5.74, 6) is -2.30. The number of aliphatic carboxylic acids is 1. The van der Waals surface area contributed by atoms with Gasteiger partial charge in [0.15, 0.2) is 11.5 Å². The maximum absolute atomic E-state index is 12.0. The average molecular weight is 300 g/mol. The molecule has 0 aliphatic heterocycles. The van der Waals surface area contributed by atoms with E-state index in [2.05, 4.69) is 10.1 Å². The number of aryl methyl sites for hydroxylation is 1.